The molecule has 4 nitrogen and oxygen atoms in total. The third-order valence-corrected chi connectivity index (χ3v) is 3.83. The molecule has 1 amide bonds. The van der Waals surface area contributed by atoms with E-state index in [1.165, 1.54) is 6.07 Å². The Balaban J connectivity index is 2.09. The molecule has 3 unspecified atom stereocenters. The van der Waals surface area contributed by atoms with Crippen molar-refractivity contribution in [2.24, 2.45) is 11.1 Å². The van der Waals surface area contributed by atoms with Gasteiger partial charge in [0.2, 0.25) is 5.91 Å². The summed E-state index contributed by atoms with van der Waals surface area (Å²) in [6.45, 7) is 4.03. The lowest BCUT2D eigenvalue weighted by Gasteiger charge is -2.27. The molecule has 0 radical (unpaired) electrons. The molecule has 1 aliphatic heterocycles. The molecule has 1 fully saturated rings. The van der Waals surface area contributed by atoms with Gasteiger partial charge < -0.3 is 15.8 Å². The first-order valence-electron chi connectivity index (χ1n) is 6.44. The third-order valence-electron chi connectivity index (χ3n) is 3.83. The molecule has 1 heterocycles. The maximum absolute atomic E-state index is 13.2. The largest absolute Gasteiger partial charge is 0.379 e. The highest BCUT2D eigenvalue weighted by Gasteiger charge is 2.44. The van der Waals surface area contributed by atoms with E-state index in [1.807, 2.05) is 0 Å². The highest BCUT2D eigenvalue weighted by Crippen LogP contribution is 2.28. The second kappa shape index (κ2) is 5.46. The van der Waals surface area contributed by atoms with Crippen LogP contribution in [0.25, 0.3) is 0 Å². The highest BCUT2D eigenvalue weighted by molar-refractivity contribution is 5.84. The maximum Gasteiger partial charge on any atom is 0.230 e. The monoisotopic (exact) mass is 284 g/mol. The SMILES string of the molecule is CC(NC(=O)C1(C)COCC1N)c1ccc(F)c(F)c1. The van der Waals surface area contributed by atoms with Gasteiger partial charge in [-0.25, -0.2) is 8.78 Å². The first-order chi connectivity index (χ1) is 9.34. The number of halogens is 2. The van der Waals surface area contributed by atoms with Gasteiger partial charge in [-0.15, -0.1) is 0 Å². The summed E-state index contributed by atoms with van der Waals surface area (Å²) < 4.78 is 31.3. The van der Waals surface area contributed by atoms with Crippen molar-refractivity contribution in [3.8, 4) is 0 Å². The average Bonchev–Trinajstić information content (AvgIpc) is 2.74. The second-order valence-electron chi connectivity index (χ2n) is 5.41. The molecule has 20 heavy (non-hydrogen) atoms. The standard InChI is InChI=1S/C14H18F2N2O2/c1-8(9-3-4-10(15)11(16)5-9)18-13(19)14(2)7-20-6-12(14)17/h3-5,8,12H,6-7,17H2,1-2H3,(H,18,19). The van der Waals surface area contributed by atoms with Crippen molar-refractivity contribution >= 4 is 5.91 Å². The fourth-order valence-corrected chi connectivity index (χ4v) is 2.15. The number of carbonyl (C=O) groups is 1. The molecule has 110 valence electrons. The summed E-state index contributed by atoms with van der Waals surface area (Å²) in [5.74, 6) is -2.10. The number of ether oxygens (including phenoxy) is 1. The van der Waals surface area contributed by atoms with Crippen LogP contribution in [-0.4, -0.2) is 25.2 Å². The lowest BCUT2D eigenvalue weighted by molar-refractivity contribution is -0.131. The summed E-state index contributed by atoms with van der Waals surface area (Å²) in [7, 11) is 0. The van der Waals surface area contributed by atoms with Crippen LogP contribution in [0.1, 0.15) is 25.5 Å². The first-order valence-corrected chi connectivity index (χ1v) is 6.44. The Bertz CT molecular complexity index is 524. The maximum atomic E-state index is 13.2. The third kappa shape index (κ3) is 2.66. The van der Waals surface area contributed by atoms with Gasteiger partial charge >= 0.3 is 0 Å². The van der Waals surface area contributed by atoms with Gasteiger partial charge in [0.05, 0.1) is 24.7 Å². The van der Waals surface area contributed by atoms with Gasteiger partial charge in [-0.2, -0.15) is 0 Å². The van der Waals surface area contributed by atoms with Gasteiger partial charge in [-0.3, -0.25) is 4.79 Å². The van der Waals surface area contributed by atoms with Crippen LogP contribution in [0.15, 0.2) is 18.2 Å². The molecule has 0 bridgehead atoms. The molecule has 6 heteroatoms. The Morgan fingerprint density at radius 2 is 2.20 bits per heavy atom. The van der Waals surface area contributed by atoms with E-state index in [4.69, 9.17) is 10.5 Å². The Morgan fingerprint density at radius 3 is 2.75 bits per heavy atom. The van der Waals surface area contributed by atoms with E-state index in [2.05, 4.69) is 5.32 Å². The van der Waals surface area contributed by atoms with Crippen molar-refractivity contribution in [3.63, 3.8) is 0 Å². The lowest BCUT2D eigenvalue weighted by atomic mass is 9.84. The number of nitrogens with one attached hydrogen (secondary N) is 1. The van der Waals surface area contributed by atoms with Crippen LogP contribution >= 0.6 is 0 Å². The Morgan fingerprint density at radius 1 is 1.50 bits per heavy atom. The zero-order chi connectivity index (χ0) is 14.9. The van der Waals surface area contributed by atoms with Crippen molar-refractivity contribution in [2.75, 3.05) is 13.2 Å². The van der Waals surface area contributed by atoms with E-state index in [0.29, 0.717) is 12.2 Å². The number of amides is 1. The van der Waals surface area contributed by atoms with Crippen LogP contribution in [-0.2, 0) is 9.53 Å². The summed E-state index contributed by atoms with van der Waals surface area (Å²) in [5.41, 5.74) is 5.57. The van der Waals surface area contributed by atoms with Crippen molar-refractivity contribution in [1.82, 2.24) is 5.32 Å². The summed E-state index contributed by atoms with van der Waals surface area (Å²) >= 11 is 0. The van der Waals surface area contributed by atoms with Crippen LogP contribution in [0.3, 0.4) is 0 Å². The van der Waals surface area contributed by atoms with Gasteiger partial charge in [-0.05, 0) is 31.5 Å². The quantitative estimate of drug-likeness (QED) is 0.884. The minimum absolute atomic E-state index is 0.250. The van der Waals surface area contributed by atoms with Gasteiger partial charge in [-0.1, -0.05) is 6.07 Å². The summed E-state index contributed by atoms with van der Waals surface area (Å²) in [4.78, 5) is 12.3. The summed E-state index contributed by atoms with van der Waals surface area (Å²) in [6, 6.07) is 2.74. The zero-order valence-corrected chi connectivity index (χ0v) is 11.5. The van der Waals surface area contributed by atoms with Crippen LogP contribution < -0.4 is 11.1 Å². The Hall–Kier alpha value is -1.53. The number of carbonyl (C=O) groups excluding carboxylic acids is 1. The van der Waals surface area contributed by atoms with Gasteiger partial charge in [0.1, 0.15) is 0 Å². The molecule has 3 N–H and O–H groups in total. The van der Waals surface area contributed by atoms with Crippen molar-refractivity contribution < 1.29 is 18.3 Å². The van der Waals surface area contributed by atoms with E-state index in [9.17, 15) is 13.6 Å². The molecule has 0 saturated carbocycles. The predicted octanol–water partition coefficient (Wildman–Crippen LogP) is 1.51. The Kier molecular flexibility index (Phi) is 4.06. The molecular formula is C14H18F2N2O2. The molecule has 3 atom stereocenters. The smallest absolute Gasteiger partial charge is 0.230 e. The van der Waals surface area contributed by atoms with Gasteiger partial charge in [0.15, 0.2) is 11.6 Å². The fraction of sp³-hybridized carbons (Fsp3) is 0.500. The van der Waals surface area contributed by atoms with E-state index in [0.717, 1.165) is 12.1 Å². The minimum Gasteiger partial charge on any atom is -0.379 e. The first kappa shape index (κ1) is 14.9. The molecule has 0 spiro atoms. The molecule has 2 rings (SSSR count). The van der Waals surface area contributed by atoms with E-state index >= 15 is 0 Å². The minimum atomic E-state index is -0.935. The molecule has 1 aromatic carbocycles. The topological polar surface area (TPSA) is 64.3 Å². The molecule has 1 aliphatic rings. The number of benzene rings is 1. The summed E-state index contributed by atoms with van der Waals surface area (Å²) in [6.07, 6.45) is 0. The molecular weight excluding hydrogens is 266 g/mol. The van der Waals surface area contributed by atoms with Crippen LogP contribution in [0.4, 0.5) is 8.78 Å². The van der Waals surface area contributed by atoms with Crippen LogP contribution in [0, 0.1) is 17.0 Å². The van der Waals surface area contributed by atoms with E-state index in [1.54, 1.807) is 13.8 Å². The highest BCUT2D eigenvalue weighted by atomic mass is 19.2. The zero-order valence-electron chi connectivity index (χ0n) is 11.5. The normalized spacial score (nSPS) is 27.4. The number of nitrogens with two attached hydrogens (primary N) is 1. The predicted molar refractivity (Wildman–Crippen MR) is 69.8 cm³/mol. The molecule has 0 aromatic heterocycles. The van der Waals surface area contributed by atoms with Gasteiger partial charge in [0, 0.05) is 6.04 Å². The van der Waals surface area contributed by atoms with Gasteiger partial charge in [0.25, 0.3) is 0 Å². The molecule has 1 aromatic rings. The number of hydrogen-bond donors (Lipinski definition) is 2. The van der Waals surface area contributed by atoms with Crippen molar-refractivity contribution in [3.05, 3.63) is 35.4 Å². The van der Waals surface area contributed by atoms with Crippen molar-refractivity contribution in [2.45, 2.75) is 25.9 Å². The second-order valence-corrected chi connectivity index (χ2v) is 5.41. The number of rotatable bonds is 3. The lowest BCUT2D eigenvalue weighted by Crippen LogP contribution is -2.50. The molecule has 0 aliphatic carbocycles. The van der Waals surface area contributed by atoms with E-state index < -0.39 is 23.1 Å². The average molecular weight is 284 g/mol. The van der Waals surface area contributed by atoms with Crippen LogP contribution in [0.2, 0.25) is 0 Å². The summed E-state index contributed by atoms with van der Waals surface area (Å²) in [5, 5.41) is 2.77. The van der Waals surface area contributed by atoms with Crippen LogP contribution in [0.5, 0.6) is 0 Å². The fourth-order valence-electron chi connectivity index (χ4n) is 2.15. The molecule has 1 saturated heterocycles. The Labute approximate surface area is 116 Å². The van der Waals surface area contributed by atoms with E-state index in [-0.39, 0.29) is 18.6 Å². The number of hydrogen-bond acceptors (Lipinski definition) is 3. The van der Waals surface area contributed by atoms with Crippen molar-refractivity contribution in [1.29, 1.82) is 0 Å².